The number of nitrogens with zero attached hydrogens (tertiary/aromatic N) is 2. The first-order valence-electron chi connectivity index (χ1n) is 8.17. The minimum Gasteiger partial charge on any atom is -0.462 e. The normalized spacial score (nSPS) is 11.5. The van der Waals surface area contributed by atoms with E-state index in [1.807, 2.05) is 18.3 Å². The molecule has 0 aliphatic heterocycles. The van der Waals surface area contributed by atoms with Gasteiger partial charge in [0.15, 0.2) is 5.58 Å². The third-order valence-corrected chi connectivity index (χ3v) is 4.12. The standard InChI is InChI=1S/C20H19N3O/c1-13(2)9-14-3-5-15(6-4-14)17-12-24-19-8-7-18(23-20(17)19)16-10-21-22-11-16/h3-8,10-13H,9H2,1-2H3,(H,21,22). The number of H-pyrrole nitrogens is 1. The van der Waals surface area contributed by atoms with Crippen molar-refractivity contribution in [2.45, 2.75) is 20.3 Å². The highest BCUT2D eigenvalue weighted by atomic mass is 16.3. The smallest absolute Gasteiger partial charge is 0.153 e. The zero-order valence-electron chi connectivity index (χ0n) is 13.8. The van der Waals surface area contributed by atoms with Crippen LogP contribution >= 0.6 is 0 Å². The highest BCUT2D eigenvalue weighted by Gasteiger charge is 2.12. The molecule has 120 valence electrons. The van der Waals surface area contributed by atoms with Crippen molar-refractivity contribution < 1.29 is 4.42 Å². The molecule has 1 N–H and O–H groups in total. The summed E-state index contributed by atoms with van der Waals surface area (Å²) in [5.41, 5.74) is 7.03. The van der Waals surface area contributed by atoms with Crippen LogP contribution in [0.2, 0.25) is 0 Å². The van der Waals surface area contributed by atoms with Crippen LogP contribution in [0, 0.1) is 5.92 Å². The lowest BCUT2D eigenvalue weighted by molar-refractivity contribution is 0.616. The topological polar surface area (TPSA) is 54.7 Å². The minimum atomic E-state index is 0.657. The van der Waals surface area contributed by atoms with Crippen molar-refractivity contribution in [3.8, 4) is 22.4 Å². The molecule has 4 rings (SSSR count). The first-order chi connectivity index (χ1) is 11.7. The fourth-order valence-corrected chi connectivity index (χ4v) is 2.96. The number of pyridine rings is 1. The molecule has 1 aromatic carbocycles. The van der Waals surface area contributed by atoms with E-state index < -0.39 is 0 Å². The lowest BCUT2D eigenvalue weighted by atomic mass is 10.00. The maximum atomic E-state index is 5.68. The van der Waals surface area contributed by atoms with E-state index in [9.17, 15) is 0 Å². The van der Waals surface area contributed by atoms with Crippen LogP contribution in [0.3, 0.4) is 0 Å². The first kappa shape index (κ1) is 14.7. The molecule has 4 nitrogen and oxygen atoms in total. The number of furan rings is 1. The summed E-state index contributed by atoms with van der Waals surface area (Å²) < 4.78 is 5.68. The predicted octanol–water partition coefficient (Wildman–Crippen LogP) is 5.08. The summed E-state index contributed by atoms with van der Waals surface area (Å²) in [5.74, 6) is 0.657. The number of rotatable bonds is 4. The van der Waals surface area contributed by atoms with Gasteiger partial charge in [-0.25, -0.2) is 4.98 Å². The molecule has 0 spiro atoms. The third-order valence-electron chi connectivity index (χ3n) is 4.12. The lowest BCUT2D eigenvalue weighted by Gasteiger charge is -2.06. The van der Waals surface area contributed by atoms with Gasteiger partial charge in [0.25, 0.3) is 0 Å². The zero-order valence-corrected chi connectivity index (χ0v) is 13.8. The summed E-state index contributed by atoms with van der Waals surface area (Å²) >= 11 is 0. The Morgan fingerprint density at radius 1 is 1.04 bits per heavy atom. The maximum Gasteiger partial charge on any atom is 0.153 e. The van der Waals surface area contributed by atoms with Crippen molar-refractivity contribution >= 4 is 11.1 Å². The van der Waals surface area contributed by atoms with E-state index >= 15 is 0 Å². The fraction of sp³-hybridized carbons (Fsp3) is 0.200. The summed E-state index contributed by atoms with van der Waals surface area (Å²) in [4.78, 5) is 4.77. The highest BCUT2D eigenvalue weighted by Crippen LogP contribution is 2.31. The maximum absolute atomic E-state index is 5.68. The summed E-state index contributed by atoms with van der Waals surface area (Å²) in [5, 5.41) is 6.82. The Morgan fingerprint density at radius 3 is 2.58 bits per heavy atom. The Kier molecular flexibility index (Phi) is 3.65. The van der Waals surface area contributed by atoms with E-state index in [4.69, 9.17) is 9.40 Å². The molecule has 0 radical (unpaired) electrons. The number of aromatic nitrogens is 3. The van der Waals surface area contributed by atoms with E-state index in [1.54, 1.807) is 12.5 Å². The van der Waals surface area contributed by atoms with Crippen LogP contribution in [-0.4, -0.2) is 15.2 Å². The van der Waals surface area contributed by atoms with Crippen molar-refractivity contribution in [3.63, 3.8) is 0 Å². The lowest BCUT2D eigenvalue weighted by Crippen LogP contribution is -1.93. The largest absolute Gasteiger partial charge is 0.462 e. The molecule has 3 aromatic heterocycles. The van der Waals surface area contributed by atoms with Crippen LogP contribution in [0.1, 0.15) is 19.4 Å². The van der Waals surface area contributed by atoms with Gasteiger partial charge >= 0.3 is 0 Å². The van der Waals surface area contributed by atoms with E-state index in [-0.39, 0.29) is 0 Å². The number of nitrogens with one attached hydrogen (secondary N) is 1. The Bertz CT molecular complexity index is 950. The number of benzene rings is 1. The SMILES string of the molecule is CC(C)Cc1ccc(-c2coc3ccc(-c4cn[nH]c4)nc23)cc1. The molecule has 24 heavy (non-hydrogen) atoms. The van der Waals surface area contributed by atoms with Crippen LogP contribution in [-0.2, 0) is 6.42 Å². The van der Waals surface area contributed by atoms with E-state index in [0.29, 0.717) is 5.92 Å². The van der Waals surface area contributed by atoms with Crippen molar-refractivity contribution in [2.24, 2.45) is 5.92 Å². The summed E-state index contributed by atoms with van der Waals surface area (Å²) in [6.45, 7) is 4.47. The average Bonchev–Trinajstić information content (AvgIpc) is 3.24. The van der Waals surface area contributed by atoms with Gasteiger partial charge in [0, 0.05) is 17.3 Å². The summed E-state index contributed by atoms with van der Waals surface area (Å²) in [7, 11) is 0. The molecule has 0 unspecified atom stereocenters. The molecule has 3 heterocycles. The number of fused-ring (bicyclic) bond motifs is 1. The molecular formula is C20H19N3O. The zero-order chi connectivity index (χ0) is 16.5. The van der Waals surface area contributed by atoms with Gasteiger partial charge in [0.2, 0.25) is 0 Å². The van der Waals surface area contributed by atoms with Crippen LogP contribution in [0.5, 0.6) is 0 Å². The van der Waals surface area contributed by atoms with Crippen LogP contribution in [0.25, 0.3) is 33.5 Å². The van der Waals surface area contributed by atoms with Crippen molar-refractivity contribution in [3.05, 3.63) is 60.6 Å². The average molecular weight is 317 g/mol. The molecule has 0 atom stereocenters. The number of hydrogen-bond donors (Lipinski definition) is 1. The summed E-state index contributed by atoms with van der Waals surface area (Å²) in [6.07, 6.45) is 6.49. The number of hydrogen-bond acceptors (Lipinski definition) is 3. The van der Waals surface area contributed by atoms with Crippen molar-refractivity contribution in [1.82, 2.24) is 15.2 Å². The van der Waals surface area contributed by atoms with Gasteiger partial charge < -0.3 is 4.42 Å². The molecule has 4 heteroatoms. The quantitative estimate of drug-likeness (QED) is 0.571. The number of aromatic amines is 1. The predicted molar refractivity (Wildman–Crippen MR) is 95.6 cm³/mol. The molecule has 0 aliphatic carbocycles. The molecule has 0 saturated heterocycles. The van der Waals surface area contributed by atoms with Gasteiger partial charge in [-0.15, -0.1) is 0 Å². The summed E-state index contributed by atoms with van der Waals surface area (Å²) in [6, 6.07) is 12.6. The van der Waals surface area contributed by atoms with Crippen molar-refractivity contribution in [1.29, 1.82) is 0 Å². The molecule has 0 amide bonds. The van der Waals surface area contributed by atoms with Gasteiger partial charge in [-0.1, -0.05) is 38.1 Å². The van der Waals surface area contributed by atoms with E-state index in [1.165, 1.54) is 5.56 Å². The molecule has 4 aromatic rings. The second-order valence-corrected chi connectivity index (χ2v) is 6.47. The van der Waals surface area contributed by atoms with Gasteiger partial charge in [0.05, 0.1) is 11.9 Å². The van der Waals surface area contributed by atoms with Gasteiger partial charge in [-0.3, -0.25) is 5.10 Å². The Hall–Kier alpha value is -2.88. The van der Waals surface area contributed by atoms with Crippen LogP contribution in [0.4, 0.5) is 0 Å². The van der Waals surface area contributed by atoms with Crippen molar-refractivity contribution in [2.75, 3.05) is 0 Å². The van der Waals surface area contributed by atoms with Gasteiger partial charge in [0.1, 0.15) is 11.8 Å². The molecule has 0 fully saturated rings. The monoisotopic (exact) mass is 317 g/mol. The Morgan fingerprint density at radius 2 is 1.88 bits per heavy atom. The van der Waals surface area contributed by atoms with E-state index in [0.717, 1.165) is 39.9 Å². The third kappa shape index (κ3) is 2.71. The second-order valence-electron chi connectivity index (χ2n) is 6.47. The molecular weight excluding hydrogens is 298 g/mol. The second kappa shape index (κ2) is 5.96. The molecule has 0 bridgehead atoms. The Balaban J connectivity index is 1.75. The van der Waals surface area contributed by atoms with Crippen LogP contribution in [0.15, 0.2) is 59.5 Å². The highest BCUT2D eigenvalue weighted by molar-refractivity contribution is 5.92. The van der Waals surface area contributed by atoms with Gasteiger partial charge in [-0.05, 0) is 35.6 Å². The molecule has 0 saturated carbocycles. The first-order valence-corrected chi connectivity index (χ1v) is 8.17. The van der Waals surface area contributed by atoms with Gasteiger partial charge in [-0.2, -0.15) is 5.10 Å². The Labute approximate surface area is 140 Å². The minimum absolute atomic E-state index is 0.657. The molecule has 0 aliphatic rings. The van der Waals surface area contributed by atoms with E-state index in [2.05, 4.69) is 48.3 Å². The fourth-order valence-electron chi connectivity index (χ4n) is 2.96. The van der Waals surface area contributed by atoms with Crippen LogP contribution < -0.4 is 0 Å².